The number of imidazole rings is 1. The number of aromatic nitrogens is 2. The molecule has 3 rings (SSSR count). The van der Waals surface area contributed by atoms with Crippen LogP contribution in [0.2, 0.25) is 0 Å². The quantitative estimate of drug-likeness (QED) is 0.889. The van der Waals surface area contributed by atoms with Gasteiger partial charge in [-0.05, 0) is 24.1 Å². The number of hydrogen-bond acceptors (Lipinski definition) is 4. The van der Waals surface area contributed by atoms with E-state index in [0.29, 0.717) is 19.2 Å². The fourth-order valence-corrected chi connectivity index (χ4v) is 2.02. The smallest absolute Gasteiger partial charge is 0.200 e. The van der Waals surface area contributed by atoms with Crippen molar-refractivity contribution in [2.24, 2.45) is 0 Å². The zero-order chi connectivity index (χ0) is 12.4. The maximum absolute atomic E-state index is 5.72. The zero-order valence-corrected chi connectivity index (χ0v) is 10.0. The Balaban J connectivity index is 1.71. The number of rotatable bonds is 3. The molecular formula is C13H15N3O2. The van der Waals surface area contributed by atoms with Gasteiger partial charge in [0, 0.05) is 18.9 Å². The van der Waals surface area contributed by atoms with E-state index in [9.17, 15) is 0 Å². The van der Waals surface area contributed by atoms with Crippen LogP contribution >= 0.6 is 0 Å². The maximum atomic E-state index is 5.72. The molecule has 5 nitrogen and oxygen atoms in total. The second-order valence-electron chi connectivity index (χ2n) is 4.21. The van der Waals surface area contributed by atoms with Gasteiger partial charge in [0.05, 0.1) is 0 Å². The molecule has 94 valence electrons. The van der Waals surface area contributed by atoms with E-state index in [4.69, 9.17) is 15.2 Å². The molecule has 0 saturated heterocycles. The summed E-state index contributed by atoms with van der Waals surface area (Å²) in [6.45, 7) is 2.05. The van der Waals surface area contributed by atoms with Crippen LogP contribution in [0.25, 0.3) is 0 Å². The predicted molar refractivity (Wildman–Crippen MR) is 67.8 cm³/mol. The van der Waals surface area contributed by atoms with E-state index in [2.05, 4.69) is 11.1 Å². The van der Waals surface area contributed by atoms with Gasteiger partial charge in [0.25, 0.3) is 0 Å². The van der Waals surface area contributed by atoms with Gasteiger partial charge in [0.15, 0.2) is 17.4 Å². The highest BCUT2D eigenvalue weighted by Gasteiger charge is 2.11. The number of benzene rings is 1. The van der Waals surface area contributed by atoms with Gasteiger partial charge in [-0.3, -0.25) is 0 Å². The Kier molecular flexibility index (Phi) is 2.80. The van der Waals surface area contributed by atoms with E-state index in [-0.39, 0.29) is 0 Å². The Bertz CT molecular complexity index is 551. The van der Waals surface area contributed by atoms with E-state index in [1.165, 1.54) is 5.56 Å². The lowest BCUT2D eigenvalue weighted by atomic mass is 10.1. The summed E-state index contributed by atoms with van der Waals surface area (Å²) in [6.07, 6.45) is 4.48. The highest BCUT2D eigenvalue weighted by atomic mass is 16.6. The monoisotopic (exact) mass is 245 g/mol. The lowest BCUT2D eigenvalue weighted by Crippen LogP contribution is -2.15. The van der Waals surface area contributed by atoms with Crippen molar-refractivity contribution in [2.45, 2.75) is 13.0 Å². The number of anilines is 1. The Morgan fingerprint density at radius 1 is 1.22 bits per heavy atom. The molecule has 18 heavy (non-hydrogen) atoms. The summed E-state index contributed by atoms with van der Waals surface area (Å²) < 4.78 is 13.0. The van der Waals surface area contributed by atoms with Crippen LogP contribution in [0.1, 0.15) is 5.56 Å². The van der Waals surface area contributed by atoms with Crippen molar-refractivity contribution in [1.82, 2.24) is 9.55 Å². The van der Waals surface area contributed by atoms with Gasteiger partial charge < -0.3 is 19.8 Å². The number of hydrogen-bond donors (Lipinski definition) is 1. The molecule has 0 unspecified atom stereocenters. The van der Waals surface area contributed by atoms with Crippen LogP contribution in [0.3, 0.4) is 0 Å². The Morgan fingerprint density at radius 2 is 2.06 bits per heavy atom. The van der Waals surface area contributed by atoms with E-state index in [1.807, 2.05) is 22.9 Å². The van der Waals surface area contributed by atoms with Crippen LogP contribution in [0, 0.1) is 0 Å². The molecule has 1 aliphatic heterocycles. The van der Waals surface area contributed by atoms with Crippen molar-refractivity contribution >= 4 is 5.95 Å². The van der Waals surface area contributed by atoms with Crippen molar-refractivity contribution in [3.05, 3.63) is 36.2 Å². The second kappa shape index (κ2) is 4.60. The molecule has 1 aromatic heterocycles. The highest BCUT2D eigenvalue weighted by molar-refractivity contribution is 5.43. The molecule has 1 aromatic carbocycles. The number of nitrogens with zero attached hydrogens (tertiary/aromatic N) is 2. The lowest BCUT2D eigenvalue weighted by molar-refractivity contribution is 0.171. The largest absolute Gasteiger partial charge is 0.486 e. The third-order valence-corrected chi connectivity index (χ3v) is 3.00. The molecule has 0 fully saturated rings. The lowest BCUT2D eigenvalue weighted by Gasteiger charge is -2.18. The molecule has 0 bridgehead atoms. The van der Waals surface area contributed by atoms with Gasteiger partial charge in [-0.25, -0.2) is 4.98 Å². The van der Waals surface area contributed by atoms with Gasteiger partial charge in [0.1, 0.15) is 13.2 Å². The highest BCUT2D eigenvalue weighted by Crippen LogP contribution is 2.30. The van der Waals surface area contributed by atoms with Gasteiger partial charge >= 0.3 is 0 Å². The number of ether oxygens (including phenoxy) is 2. The summed E-state index contributed by atoms with van der Waals surface area (Å²) in [4.78, 5) is 4.00. The van der Waals surface area contributed by atoms with Crippen molar-refractivity contribution in [3.63, 3.8) is 0 Å². The minimum atomic E-state index is 0.549. The minimum Gasteiger partial charge on any atom is -0.486 e. The average molecular weight is 245 g/mol. The first-order valence-corrected chi connectivity index (χ1v) is 5.98. The van der Waals surface area contributed by atoms with E-state index < -0.39 is 0 Å². The second-order valence-corrected chi connectivity index (χ2v) is 4.21. The fraction of sp³-hybridized carbons (Fsp3) is 0.308. The third-order valence-electron chi connectivity index (χ3n) is 3.00. The first kappa shape index (κ1) is 11.0. The predicted octanol–water partition coefficient (Wildman–Crippen LogP) is 1.48. The summed E-state index contributed by atoms with van der Waals surface area (Å²) >= 11 is 0. The van der Waals surface area contributed by atoms with Gasteiger partial charge in [-0.1, -0.05) is 6.07 Å². The van der Waals surface area contributed by atoms with E-state index in [1.54, 1.807) is 6.20 Å². The summed E-state index contributed by atoms with van der Waals surface area (Å²) in [6, 6.07) is 6.04. The van der Waals surface area contributed by atoms with Crippen LogP contribution in [0.4, 0.5) is 5.95 Å². The van der Waals surface area contributed by atoms with E-state index >= 15 is 0 Å². The van der Waals surface area contributed by atoms with Crippen LogP contribution in [0.15, 0.2) is 30.6 Å². The third kappa shape index (κ3) is 2.11. The Morgan fingerprint density at radius 3 is 2.83 bits per heavy atom. The number of aryl methyl sites for hydroxylation is 2. The molecule has 0 aliphatic carbocycles. The van der Waals surface area contributed by atoms with Crippen LogP contribution < -0.4 is 15.2 Å². The summed E-state index contributed by atoms with van der Waals surface area (Å²) in [5, 5.41) is 0. The average Bonchev–Trinajstić information content (AvgIpc) is 2.82. The molecule has 0 amide bonds. The molecule has 1 aliphatic rings. The maximum Gasteiger partial charge on any atom is 0.200 e. The molecular weight excluding hydrogens is 230 g/mol. The first-order valence-electron chi connectivity index (χ1n) is 5.98. The van der Waals surface area contributed by atoms with Gasteiger partial charge in [0.2, 0.25) is 0 Å². The molecule has 0 saturated carbocycles. The van der Waals surface area contributed by atoms with Crippen LogP contribution in [-0.2, 0) is 13.0 Å². The fourth-order valence-electron chi connectivity index (χ4n) is 2.02. The SMILES string of the molecule is Nc1nccn1CCc1ccc2c(c1)OCCO2. The zero-order valence-electron chi connectivity index (χ0n) is 10.0. The summed E-state index contributed by atoms with van der Waals surface area (Å²) in [5.41, 5.74) is 6.92. The van der Waals surface area contributed by atoms with Gasteiger partial charge in [-0.15, -0.1) is 0 Å². The molecule has 2 heterocycles. The van der Waals surface area contributed by atoms with Crippen molar-refractivity contribution in [3.8, 4) is 11.5 Å². The number of nitrogens with two attached hydrogens (primary N) is 1. The molecule has 5 heteroatoms. The number of fused-ring (bicyclic) bond motifs is 1. The normalized spacial score (nSPS) is 13.6. The Hall–Kier alpha value is -2.17. The topological polar surface area (TPSA) is 62.3 Å². The standard InChI is InChI=1S/C13H15N3O2/c14-13-15-4-6-16(13)5-3-10-1-2-11-12(9-10)18-8-7-17-11/h1-2,4,6,9H,3,5,7-8H2,(H2,14,15). The van der Waals surface area contributed by atoms with Crippen molar-refractivity contribution < 1.29 is 9.47 Å². The minimum absolute atomic E-state index is 0.549. The Labute approximate surface area is 105 Å². The van der Waals surface area contributed by atoms with Crippen LogP contribution in [0.5, 0.6) is 11.5 Å². The van der Waals surface area contributed by atoms with Gasteiger partial charge in [-0.2, -0.15) is 0 Å². The first-order chi connectivity index (χ1) is 8.83. The van der Waals surface area contributed by atoms with Crippen LogP contribution in [-0.4, -0.2) is 22.8 Å². The van der Waals surface area contributed by atoms with Crippen molar-refractivity contribution in [2.75, 3.05) is 18.9 Å². The molecule has 0 radical (unpaired) electrons. The molecule has 2 aromatic rings. The molecule has 2 N–H and O–H groups in total. The molecule has 0 spiro atoms. The number of nitrogen functional groups attached to an aromatic ring is 1. The molecule has 0 atom stereocenters. The van der Waals surface area contributed by atoms with Crippen molar-refractivity contribution in [1.29, 1.82) is 0 Å². The summed E-state index contributed by atoms with van der Waals surface area (Å²) in [7, 11) is 0. The summed E-state index contributed by atoms with van der Waals surface area (Å²) in [5.74, 6) is 2.21. The van der Waals surface area contributed by atoms with E-state index in [0.717, 1.165) is 24.5 Å².